The third kappa shape index (κ3) is 3.06. The molecule has 0 aliphatic rings. The van der Waals surface area contributed by atoms with E-state index in [-0.39, 0.29) is 5.28 Å². The number of benzene rings is 2. The van der Waals surface area contributed by atoms with Crippen LogP contribution in [0.1, 0.15) is 6.92 Å². The molecule has 21 heavy (non-hydrogen) atoms. The fraction of sp³-hybridized carbons (Fsp3) is 0.125. The van der Waals surface area contributed by atoms with Gasteiger partial charge in [-0.3, -0.25) is 0 Å². The third-order valence-electron chi connectivity index (χ3n) is 2.89. The maximum Gasteiger partial charge on any atom is 0.231 e. The Bertz CT molecular complexity index is 760. The Labute approximate surface area is 127 Å². The Morgan fingerprint density at radius 3 is 2.43 bits per heavy atom. The summed E-state index contributed by atoms with van der Waals surface area (Å²) < 4.78 is 11.2. The first kappa shape index (κ1) is 13.6. The van der Waals surface area contributed by atoms with Crippen molar-refractivity contribution in [3.8, 4) is 17.4 Å². The van der Waals surface area contributed by atoms with Gasteiger partial charge in [-0.25, -0.2) is 4.98 Å². The Balaban J connectivity index is 1.94. The first-order valence-electron chi connectivity index (χ1n) is 6.59. The van der Waals surface area contributed by atoms with E-state index in [2.05, 4.69) is 9.97 Å². The summed E-state index contributed by atoms with van der Waals surface area (Å²) in [6.07, 6.45) is 0. The van der Waals surface area contributed by atoms with Gasteiger partial charge in [0.05, 0.1) is 17.5 Å². The van der Waals surface area contributed by atoms with Gasteiger partial charge in [0.1, 0.15) is 11.5 Å². The lowest BCUT2D eigenvalue weighted by molar-refractivity contribution is 0.339. The van der Waals surface area contributed by atoms with Crippen molar-refractivity contribution in [2.24, 2.45) is 0 Å². The Hall–Kier alpha value is -2.33. The summed E-state index contributed by atoms with van der Waals surface area (Å²) in [5.41, 5.74) is 0.749. The van der Waals surface area contributed by atoms with Crippen LogP contribution in [-0.2, 0) is 0 Å². The molecule has 0 spiro atoms. The zero-order valence-electron chi connectivity index (χ0n) is 11.4. The average molecular weight is 301 g/mol. The summed E-state index contributed by atoms with van der Waals surface area (Å²) in [4.78, 5) is 8.33. The molecular weight excluding hydrogens is 288 g/mol. The molecule has 0 radical (unpaired) electrons. The molecule has 0 saturated heterocycles. The first-order valence-corrected chi connectivity index (χ1v) is 6.97. The number of hydrogen-bond donors (Lipinski definition) is 0. The maximum atomic E-state index is 5.93. The van der Waals surface area contributed by atoms with E-state index in [4.69, 9.17) is 21.1 Å². The molecule has 0 atom stereocenters. The molecule has 0 fully saturated rings. The third-order valence-corrected chi connectivity index (χ3v) is 3.06. The smallest absolute Gasteiger partial charge is 0.231 e. The molecule has 3 aromatic rings. The molecular formula is C16H13ClN2O2. The first-order chi connectivity index (χ1) is 10.3. The second-order valence-electron chi connectivity index (χ2n) is 4.32. The van der Waals surface area contributed by atoms with Crippen LogP contribution in [0.2, 0.25) is 5.28 Å². The van der Waals surface area contributed by atoms with E-state index < -0.39 is 0 Å². The van der Waals surface area contributed by atoms with Gasteiger partial charge in [-0.2, -0.15) is 4.98 Å². The van der Waals surface area contributed by atoms with Gasteiger partial charge in [0, 0.05) is 0 Å². The van der Waals surface area contributed by atoms with Crippen LogP contribution in [0, 0.1) is 0 Å². The SMILES string of the molecule is CCOc1ccc(Oc2nc(Cl)nc3ccccc23)cc1. The number of fused-ring (bicyclic) bond motifs is 1. The number of ether oxygens (including phenoxy) is 2. The van der Waals surface area contributed by atoms with Gasteiger partial charge in [0.2, 0.25) is 11.2 Å². The molecule has 5 heteroatoms. The minimum atomic E-state index is 0.162. The highest BCUT2D eigenvalue weighted by molar-refractivity contribution is 6.28. The van der Waals surface area contributed by atoms with Gasteiger partial charge in [-0.1, -0.05) is 12.1 Å². The molecule has 0 amide bonds. The van der Waals surface area contributed by atoms with Crippen LogP contribution in [0.4, 0.5) is 0 Å². The molecule has 1 heterocycles. The second-order valence-corrected chi connectivity index (χ2v) is 4.66. The van der Waals surface area contributed by atoms with Crippen LogP contribution in [0.25, 0.3) is 10.9 Å². The number of rotatable bonds is 4. The van der Waals surface area contributed by atoms with Crippen LogP contribution in [0.15, 0.2) is 48.5 Å². The van der Waals surface area contributed by atoms with E-state index in [1.807, 2.05) is 55.5 Å². The summed E-state index contributed by atoms with van der Waals surface area (Å²) in [6.45, 7) is 2.58. The number of aromatic nitrogens is 2. The van der Waals surface area contributed by atoms with Crippen LogP contribution in [0.3, 0.4) is 0 Å². The largest absolute Gasteiger partial charge is 0.494 e. The van der Waals surface area contributed by atoms with Gasteiger partial charge in [0.25, 0.3) is 0 Å². The van der Waals surface area contributed by atoms with Crippen LogP contribution in [-0.4, -0.2) is 16.6 Å². The monoisotopic (exact) mass is 300 g/mol. The van der Waals surface area contributed by atoms with Gasteiger partial charge in [-0.15, -0.1) is 0 Å². The zero-order valence-corrected chi connectivity index (χ0v) is 12.2. The molecule has 0 aliphatic heterocycles. The quantitative estimate of drug-likeness (QED) is 0.667. The number of para-hydroxylation sites is 1. The van der Waals surface area contributed by atoms with Crippen molar-refractivity contribution >= 4 is 22.5 Å². The molecule has 2 aromatic carbocycles. The zero-order chi connectivity index (χ0) is 14.7. The molecule has 0 bridgehead atoms. The van der Waals surface area contributed by atoms with Crippen LogP contribution < -0.4 is 9.47 Å². The lowest BCUT2D eigenvalue weighted by Gasteiger charge is -2.09. The highest BCUT2D eigenvalue weighted by atomic mass is 35.5. The lowest BCUT2D eigenvalue weighted by atomic mass is 10.2. The molecule has 0 saturated carbocycles. The van der Waals surface area contributed by atoms with E-state index in [0.717, 1.165) is 16.7 Å². The van der Waals surface area contributed by atoms with Gasteiger partial charge in [0.15, 0.2) is 0 Å². The van der Waals surface area contributed by atoms with Gasteiger partial charge in [-0.05, 0) is 54.9 Å². The fourth-order valence-corrected chi connectivity index (χ4v) is 2.15. The fourth-order valence-electron chi connectivity index (χ4n) is 1.98. The van der Waals surface area contributed by atoms with Crippen LogP contribution >= 0.6 is 11.6 Å². The molecule has 3 rings (SSSR count). The van der Waals surface area contributed by atoms with E-state index in [1.54, 1.807) is 0 Å². The Morgan fingerprint density at radius 2 is 1.67 bits per heavy atom. The molecule has 4 nitrogen and oxygen atoms in total. The Kier molecular flexibility index (Phi) is 3.88. The second kappa shape index (κ2) is 5.97. The standard InChI is InChI=1S/C16H13ClN2O2/c1-2-20-11-7-9-12(10-8-11)21-15-13-5-3-4-6-14(13)18-16(17)19-15/h3-10H,2H2,1H3. The van der Waals surface area contributed by atoms with Crippen molar-refractivity contribution in [2.45, 2.75) is 6.92 Å². The normalized spacial score (nSPS) is 10.6. The predicted molar refractivity (Wildman–Crippen MR) is 82.2 cm³/mol. The molecule has 1 aromatic heterocycles. The average Bonchev–Trinajstić information content (AvgIpc) is 2.49. The van der Waals surface area contributed by atoms with Crippen molar-refractivity contribution < 1.29 is 9.47 Å². The van der Waals surface area contributed by atoms with Crippen molar-refractivity contribution in [3.05, 3.63) is 53.8 Å². The minimum Gasteiger partial charge on any atom is -0.494 e. The van der Waals surface area contributed by atoms with Crippen molar-refractivity contribution in [2.75, 3.05) is 6.61 Å². The highest BCUT2D eigenvalue weighted by Gasteiger charge is 2.08. The summed E-state index contributed by atoms with van der Waals surface area (Å²) in [5, 5.41) is 0.977. The van der Waals surface area contributed by atoms with Gasteiger partial charge >= 0.3 is 0 Å². The Morgan fingerprint density at radius 1 is 0.952 bits per heavy atom. The molecule has 0 aliphatic carbocycles. The molecule has 106 valence electrons. The van der Waals surface area contributed by atoms with E-state index in [1.165, 1.54) is 0 Å². The highest BCUT2D eigenvalue weighted by Crippen LogP contribution is 2.29. The number of nitrogens with zero attached hydrogens (tertiary/aromatic N) is 2. The van der Waals surface area contributed by atoms with E-state index in [0.29, 0.717) is 18.2 Å². The summed E-state index contributed by atoms with van der Waals surface area (Å²) >= 11 is 5.93. The van der Waals surface area contributed by atoms with Crippen molar-refractivity contribution in [1.29, 1.82) is 0 Å². The number of hydrogen-bond acceptors (Lipinski definition) is 4. The summed E-state index contributed by atoms with van der Waals surface area (Å²) in [7, 11) is 0. The minimum absolute atomic E-state index is 0.162. The molecule has 0 unspecified atom stereocenters. The summed E-state index contributed by atoms with van der Waals surface area (Å²) in [5.74, 6) is 1.91. The van der Waals surface area contributed by atoms with E-state index in [9.17, 15) is 0 Å². The number of halogens is 1. The van der Waals surface area contributed by atoms with Gasteiger partial charge < -0.3 is 9.47 Å². The van der Waals surface area contributed by atoms with Crippen molar-refractivity contribution in [3.63, 3.8) is 0 Å². The van der Waals surface area contributed by atoms with Crippen molar-refractivity contribution in [1.82, 2.24) is 9.97 Å². The molecule has 0 N–H and O–H groups in total. The van der Waals surface area contributed by atoms with E-state index >= 15 is 0 Å². The lowest BCUT2D eigenvalue weighted by Crippen LogP contribution is -1.94. The van der Waals surface area contributed by atoms with Crippen LogP contribution in [0.5, 0.6) is 17.4 Å². The summed E-state index contributed by atoms with van der Waals surface area (Å²) in [6, 6.07) is 14.9. The topological polar surface area (TPSA) is 44.2 Å². The predicted octanol–water partition coefficient (Wildman–Crippen LogP) is 4.47. The maximum absolute atomic E-state index is 5.93.